The lowest BCUT2D eigenvalue weighted by Gasteiger charge is -2.16. The van der Waals surface area contributed by atoms with E-state index in [4.69, 9.17) is 38.0 Å². The summed E-state index contributed by atoms with van der Waals surface area (Å²) >= 11 is 14.7. The first-order valence-electron chi connectivity index (χ1n) is 11.1. The van der Waals surface area contributed by atoms with Crippen LogP contribution in [0.5, 0.6) is 11.5 Å². The first-order valence-corrected chi connectivity index (χ1v) is 12.7. The van der Waals surface area contributed by atoms with Gasteiger partial charge in [-0.2, -0.15) is 0 Å². The molecular formula is C26H25BrClN3O5S. The van der Waals surface area contributed by atoms with E-state index in [2.05, 4.69) is 31.9 Å². The van der Waals surface area contributed by atoms with Crippen molar-refractivity contribution in [2.45, 2.75) is 13.0 Å². The zero-order chi connectivity index (χ0) is 26.8. The molecule has 8 nitrogen and oxygen atoms in total. The van der Waals surface area contributed by atoms with Gasteiger partial charge in [-0.05, 0) is 73.7 Å². The molecule has 0 aliphatic carbocycles. The van der Waals surface area contributed by atoms with Crippen molar-refractivity contribution in [2.75, 3.05) is 31.0 Å². The molecule has 0 saturated carbocycles. The SMILES string of the molecule is COCCOc1ccc(Br)cc1C(=O)NC(=S)Nc1ccc(NC(=O)C(C)Oc2ccccc2Cl)cc1. The van der Waals surface area contributed by atoms with E-state index in [0.29, 0.717) is 46.7 Å². The fourth-order valence-electron chi connectivity index (χ4n) is 3.04. The third-order valence-corrected chi connectivity index (χ3v) is 5.89. The first kappa shape index (κ1) is 28.4. The largest absolute Gasteiger partial charge is 0.490 e. The van der Waals surface area contributed by atoms with Crippen LogP contribution in [0.1, 0.15) is 17.3 Å². The van der Waals surface area contributed by atoms with Crippen LogP contribution in [0.15, 0.2) is 71.2 Å². The Balaban J connectivity index is 1.54. The molecule has 0 aliphatic heterocycles. The van der Waals surface area contributed by atoms with E-state index in [1.165, 1.54) is 0 Å². The molecule has 3 N–H and O–H groups in total. The van der Waals surface area contributed by atoms with Crippen molar-refractivity contribution in [3.63, 3.8) is 0 Å². The van der Waals surface area contributed by atoms with Gasteiger partial charge in [0.05, 0.1) is 17.2 Å². The van der Waals surface area contributed by atoms with E-state index in [-0.39, 0.29) is 11.0 Å². The molecule has 0 aliphatic rings. The number of hydrogen-bond donors (Lipinski definition) is 3. The summed E-state index contributed by atoms with van der Waals surface area (Å²) in [5.74, 6) is 0.0791. The zero-order valence-electron chi connectivity index (χ0n) is 20.0. The highest BCUT2D eigenvalue weighted by Gasteiger charge is 2.17. The summed E-state index contributed by atoms with van der Waals surface area (Å²) in [6.07, 6.45) is -0.762. The maximum Gasteiger partial charge on any atom is 0.265 e. The number of thiocarbonyl (C=S) groups is 1. The second kappa shape index (κ2) is 13.9. The molecule has 0 bridgehead atoms. The van der Waals surface area contributed by atoms with Crippen molar-refractivity contribution in [3.8, 4) is 11.5 Å². The first-order chi connectivity index (χ1) is 17.8. The van der Waals surface area contributed by atoms with Crippen LogP contribution in [0.2, 0.25) is 5.02 Å². The van der Waals surface area contributed by atoms with Gasteiger partial charge in [0, 0.05) is 23.0 Å². The van der Waals surface area contributed by atoms with E-state index in [9.17, 15) is 9.59 Å². The lowest BCUT2D eigenvalue weighted by Crippen LogP contribution is -2.34. The fourth-order valence-corrected chi connectivity index (χ4v) is 3.79. The number of methoxy groups -OCH3 is 1. The van der Waals surface area contributed by atoms with Gasteiger partial charge in [0.2, 0.25) is 0 Å². The van der Waals surface area contributed by atoms with Gasteiger partial charge >= 0.3 is 0 Å². The number of benzene rings is 3. The van der Waals surface area contributed by atoms with Crippen LogP contribution in [0.3, 0.4) is 0 Å². The molecule has 11 heteroatoms. The van der Waals surface area contributed by atoms with E-state index in [1.807, 2.05) is 0 Å². The highest BCUT2D eigenvalue weighted by molar-refractivity contribution is 9.10. The number of hydrogen-bond acceptors (Lipinski definition) is 6. The van der Waals surface area contributed by atoms with Crippen molar-refractivity contribution in [3.05, 3.63) is 81.8 Å². The van der Waals surface area contributed by atoms with Gasteiger partial charge in [-0.3, -0.25) is 14.9 Å². The summed E-state index contributed by atoms with van der Waals surface area (Å²) in [4.78, 5) is 25.3. The van der Waals surface area contributed by atoms with Gasteiger partial charge in [0.1, 0.15) is 18.1 Å². The summed E-state index contributed by atoms with van der Waals surface area (Å²) in [5, 5.41) is 8.90. The van der Waals surface area contributed by atoms with Crippen molar-refractivity contribution in [2.24, 2.45) is 0 Å². The number of ether oxygens (including phenoxy) is 3. The van der Waals surface area contributed by atoms with E-state index in [0.717, 1.165) is 4.47 Å². The van der Waals surface area contributed by atoms with Crippen LogP contribution >= 0.6 is 39.7 Å². The van der Waals surface area contributed by atoms with E-state index >= 15 is 0 Å². The summed E-state index contributed by atoms with van der Waals surface area (Å²) in [7, 11) is 1.57. The third-order valence-electron chi connectivity index (χ3n) is 4.88. The molecule has 2 amide bonds. The smallest absolute Gasteiger partial charge is 0.265 e. The Morgan fingerprint density at radius 3 is 2.32 bits per heavy atom. The molecule has 37 heavy (non-hydrogen) atoms. The molecule has 0 fully saturated rings. The second-order valence-corrected chi connectivity index (χ2v) is 9.38. The Bertz CT molecular complexity index is 1260. The molecule has 0 spiro atoms. The van der Waals surface area contributed by atoms with Gasteiger partial charge < -0.3 is 24.8 Å². The molecule has 3 aromatic rings. The highest BCUT2D eigenvalue weighted by atomic mass is 79.9. The Morgan fingerprint density at radius 1 is 0.973 bits per heavy atom. The molecule has 3 aromatic carbocycles. The molecule has 194 valence electrons. The van der Waals surface area contributed by atoms with E-state index in [1.54, 1.807) is 80.8 Å². The van der Waals surface area contributed by atoms with Gasteiger partial charge in [-0.1, -0.05) is 39.7 Å². The van der Waals surface area contributed by atoms with Crippen molar-refractivity contribution in [1.82, 2.24) is 5.32 Å². The summed E-state index contributed by atoms with van der Waals surface area (Å²) in [6.45, 7) is 2.32. The average Bonchev–Trinajstić information content (AvgIpc) is 2.87. The third kappa shape index (κ3) is 8.71. The average molecular weight is 607 g/mol. The number of amides is 2. The fraction of sp³-hybridized carbons (Fsp3) is 0.192. The van der Waals surface area contributed by atoms with Crippen molar-refractivity contribution in [1.29, 1.82) is 0 Å². The predicted molar refractivity (Wildman–Crippen MR) is 152 cm³/mol. The minimum atomic E-state index is -0.762. The van der Waals surface area contributed by atoms with Gasteiger partial charge in [-0.15, -0.1) is 0 Å². The predicted octanol–water partition coefficient (Wildman–Crippen LogP) is 5.66. The summed E-state index contributed by atoms with van der Waals surface area (Å²) in [6, 6.07) is 18.9. The number of halogens is 2. The van der Waals surface area contributed by atoms with Crippen molar-refractivity contribution >= 4 is 68.1 Å². The molecule has 0 heterocycles. The molecule has 0 saturated heterocycles. The Hall–Kier alpha value is -3.18. The quantitative estimate of drug-likeness (QED) is 0.202. The molecule has 0 aromatic heterocycles. The van der Waals surface area contributed by atoms with Gasteiger partial charge in [0.25, 0.3) is 11.8 Å². The number of anilines is 2. The summed E-state index contributed by atoms with van der Waals surface area (Å²) < 4.78 is 17.0. The van der Waals surface area contributed by atoms with Gasteiger partial charge in [-0.25, -0.2) is 0 Å². The Morgan fingerprint density at radius 2 is 1.65 bits per heavy atom. The Kier molecular flexibility index (Phi) is 10.7. The van der Waals surface area contributed by atoms with Crippen LogP contribution in [-0.2, 0) is 9.53 Å². The molecular weight excluding hydrogens is 582 g/mol. The van der Waals surface area contributed by atoms with Crippen LogP contribution in [0.25, 0.3) is 0 Å². The molecule has 0 radical (unpaired) electrons. The number of carbonyl (C=O) groups is 2. The molecule has 1 unspecified atom stereocenters. The van der Waals surface area contributed by atoms with Gasteiger partial charge in [0.15, 0.2) is 11.2 Å². The van der Waals surface area contributed by atoms with Crippen molar-refractivity contribution < 1.29 is 23.8 Å². The van der Waals surface area contributed by atoms with E-state index < -0.39 is 12.0 Å². The monoisotopic (exact) mass is 605 g/mol. The lowest BCUT2D eigenvalue weighted by atomic mass is 10.2. The topological polar surface area (TPSA) is 97.9 Å². The maximum absolute atomic E-state index is 12.8. The second-order valence-electron chi connectivity index (χ2n) is 7.65. The normalized spacial score (nSPS) is 11.2. The van der Waals surface area contributed by atoms with Crippen LogP contribution in [0.4, 0.5) is 11.4 Å². The minimum Gasteiger partial charge on any atom is -0.490 e. The van der Waals surface area contributed by atoms with Crippen LogP contribution < -0.4 is 25.4 Å². The molecule has 3 rings (SSSR count). The number of para-hydroxylation sites is 1. The standard InChI is InChI=1S/C26H25BrClN3O5S/c1-16(36-23-6-4-3-5-21(23)28)24(32)29-18-8-10-19(11-9-18)30-26(37)31-25(33)20-15-17(27)7-12-22(20)35-14-13-34-2/h3-12,15-16H,13-14H2,1-2H3,(H,29,32)(H2,30,31,33,37). The van der Waals surface area contributed by atoms with Crippen LogP contribution in [0, 0.1) is 0 Å². The maximum atomic E-state index is 12.8. The number of nitrogens with one attached hydrogen (secondary N) is 3. The highest BCUT2D eigenvalue weighted by Crippen LogP contribution is 2.25. The summed E-state index contributed by atoms with van der Waals surface area (Å²) in [5.41, 5.74) is 1.50. The Labute approximate surface area is 233 Å². The minimum absolute atomic E-state index is 0.103. The lowest BCUT2D eigenvalue weighted by molar-refractivity contribution is -0.122. The van der Waals surface area contributed by atoms with Crippen LogP contribution in [-0.4, -0.2) is 43.4 Å². The number of carbonyl (C=O) groups excluding carboxylic acids is 2. The molecule has 1 atom stereocenters. The number of rotatable bonds is 10. The zero-order valence-corrected chi connectivity index (χ0v) is 23.2.